The number of halogens is 2. The van der Waals surface area contributed by atoms with E-state index in [0.29, 0.717) is 12.8 Å². The highest BCUT2D eigenvalue weighted by Crippen LogP contribution is 2.26. The Kier molecular flexibility index (Phi) is 3.99. The molecule has 3 N–H and O–H groups in total. The van der Waals surface area contributed by atoms with Crippen molar-refractivity contribution in [3.8, 4) is 0 Å². The Bertz CT molecular complexity index is 470. The largest absolute Gasteiger partial charge is 0.478 e. The molecule has 1 aromatic rings. The van der Waals surface area contributed by atoms with E-state index in [2.05, 4.69) is 5.32 Å². The summed E-state index contributed by atoms with van der Waals surface area (Å²) in [5.74, 6) is -3.31. The van der Waals surface area contributed by atoms with E-state index < -0.39 is 35.3 Å². The molecule has 19 heavy (non-hydrogen) atoms. The number of hydrogen-bond donors (Lipinski definition) is 3. The Morgan fingerprint density at radius 3 is 2.32 bits per heavy atom. The van der Waals surface area contributed by atoms with Crippen LogP contribution in [0.15, 0.2) is 12.1 Å². The third-order valence-electron chi connectivity index (χ3n) is 3.35. The highest BCUT2D eigenvalue weighted by Gasteiger charge is 2.25. The summed E-state index contributed by atoms with van der Waals surface area (Å²) in [6.07, 6.45) is 2.34. The van der Waals surface area contributed by atoms with Gasteiger partial charge in [-0.1, -0.05) is 12.8 Å². The molecular formula is C13H15F2NO3. The molecule has 0 saturated heterocycles. The maximum Gasteiger partial charge on any atom is 0.335 e. The first kappa shape index (κ1) is 13.7. The molecule has 1 aliphatic rings. The van der Waals surface area contributed by atoms with Crippen LogP contribution >= 0.6 is 0 Å². The lowest BCUT2D eigenvalue weighted by molar-refractivity contribution is 0.0695. The monoisotopic (exact) mass is 271 g/mol. The average molecular weight is 271 g/mol. The molecule has 0 spiro atoms. The highest BCUT2D eigenvalue weighted by molar-refractivity contribution is 5.88. The van der Waals surface area contributed by atoms with E-state index in [9.17, 15) is 18.7 Å². The van der Waals surface area contributed by atoms with E-state index in [1.165, 1.54) is 0 Å². The van der Waals surface area contributed by atoms with Crippen LogP contribution in [0.5, 0.6) is 0 Å². The number of carboxylic acid groups (broad SMARTS) is 1. The molecule has 1 saturated carbocycles. The van der Waals surface area contributed by atoms with Crippen LogP contribution in [0, 0.1) is 11.6 Å². The lowest BCUT2D eigenvalue weighted by atomic mass is 9.92. The van der Waals surface area contributed by atoms with Gasteiger partial charge in [-0.2, -0.15) is 0 Å². The van der Waals surface area contributed by atoms with Crippen LogP contribution in [-0.2, 0) is 0 Å². The minimum Gasteiger partial charge on any atom is -0.478 e. The molecule has 0 aliphatic heterocycles. The van der Waals surface area contributed by atoms with Gasteiger partial charge in [-0.05, 0) is 25.0 Å². The van der Waals surface area contributed by atoms with Crippen molar-refractivity contribution >= 4 is 11.7 Å². The van der Waals surface area contributed by atoms with Crippen LogP contribution < -0.4 is 5.32 Å². The van der Waals surface area contributed by atoms with Crippen LogP contribution in [0.1, 0.15) is 36.0 Å². The first-order valence-electron chi connectivity index (χ1n) is 6.16. The van der Waals surface area contributed by atoms with Crippen LogP contribution in [0.3, 0.4) is 0 Å². The fraction of sp³-hybridized carbons (Fsp3) is 0.462. The molecule has 0 amide bonds. The first-order chi connectivity index (χ1) is 8.99. The summed E-state index contributed by atoms with van der Waals surface area (Å²) in [6.45, 7) is 0. The molecule has 2 unspecified atom stereocenters. The van der Waals surface area contributed by atoms with Crippen LogP contribution in [0.25, 0.3) is 0 Å². The number of aliphatic hydroxyl groups is 1. The second kappa shape index (κ2) is 5.52. The molecule has 6 heteroatoms. The fourth-order valence-corrected chi connectivity index (χ4v) is 2.30. The smallest absolute Gasteiger partial charge is 0.335 e. The first-order valence-corrected chi connectivity index (χ1v) is 6.16. The third-order valence-corrected chi connectivity index (χ3v) is 3.35. The second-order valence-electron chi connectivity index (χ2n) is 4.72. The van der Waals surface area contributed by atoms with Crippen LogP contribution in [-0.4, -0.2) is 28.3 Å². The number of anilines is 1. The Morgan fingerprint density at radius 1 is 1.21 bits per heavy atom. The van der Waals surface area contributed by atoms with E-state index in [4.69, 9.17) is 5.11 Å². The number of aromatic carboxylic acids is 1. The summed E-state index contributed by atoms with van der Waals surface area (Å²) in [5, 5.41) is 21.1. The Labute approximate surface area is 109 Å². The van der Waals surface area contributed by atoms with E-state index in [-0.39, 0.29) is 5.69 Å². The van der Waals surface area contributed by atoms with Gasteiger partial charge < -0.3 is 15.5 Å². The molecule has 1 fully saturated rings. The van der Waals surface area contributed by atoms with Gasteiger partial charge in [0.05, 0.1) is 17.7 Å². The Hall–Kier alpha value is -1.69. The van der Waals surface area contributed by atoms with Gasteiger partial charge in [0.1, 0.15) is 17.3 Å². The van der Waals surface area contributed by atoms with Crippen molar-refractivity contribution in [2.24, 2.45) is 0 Å². The zero-order valence-corrected chi connectivity index (χ0v) is 10.2. The lowest BCUT2D eigenvalue weighted by Crippen LogP contribution is -2.36. The minimum absolute atomic E-state index is 0.379. The summed E-state index contributed by atoms with van der Waals surface area (Å²) in [6, 6.07) is 1.12. The average Bonchev–Trinajstić information content (AvgIpc) is 2.35. The van der Waals surface area contributed by atoms with Gasteiger partial charge in [-0.15, -0.1) is 0 Å². The van der Waals surface area contributed by atoms with E-state index in [0.717, 1.165) is 25.0 Å². The van der Waals surface area contributed by atoms with Crippen molar-refractivity contribution in [2.45, 2.75) is 37.8 Å². The van der Waals surface area contributed by atoms with Gasteiger partial charge in [-0.25, -0.2) is 13.6 Å². The van der Waals surface area contributed by atoms with Gasteiger partial charge in [0.15, 0.2) is 0 Å². The number of rotatable bonds is 3. The number of benzene rings is 1. The second-order valence-corrected chi connectivity index (χ2v) is 4.72. The predicted molar refractivity (Wildman–Crippen MR) is 65.2 cm³/mol. The van der Waals surface area contributed by atoms with Crippen LogP contribution in [0.2, 0.25) is 0 Å². The van der Waals surface area contributed by atoms with Crippen molar-refractivity contribution in [3.05, 3.63) is 29.3 Å². The normalized spacial score (nSPS) is 23.1. The molecule has 1 aromatic carbocycles. The Balaban J connectivity index is 2.22. The zero-order chi connectivity index (χ0) is 14.0. The van der Waals surface area contributed by atoms with Crippen molar-refractivity contribution < 1.29 is 23.8 Å². The molecule has 4 nitrogen and oxygen atoms in total. The maximum absolute atomic E-state index is 13.7. The fourth-order valence-electron chi connectivity index (χ4n) is 2.30. The number of hydrogen-bond acceptors (Lipinski definition) is 3. The molecule has 104 valence electrons. The minimum atomic E-state index is -1.39. The number of carboxylic acids is 1. The molecule has 0 radical (unpaired) electrons. The van der Waals surface area contributed by atoms with Gasteiger partial charge in [0.25, 0.3) is 0 Å². The van der Waals surface area contributed by atoms with Crippen LogP contribution in [0.4, 0.5) is 14.5 Å². The molecule has 0 heterocycles. The molecular weight excluding hydrogens is 256 g/mol. The molecule has 1 aliphatic carbocycles. The summed E-state index contributed by atoms with van der Waals surface area (Å²) >= 11 is 0. The quantitative estimate of drug-likeness (QED) is 0.789. The van der Waals surface area contributed by atoms with Crippen molar-refractivity contribution in [1.82, 2.24) is 0 Å². The summed E-state index contributed by atoms with van der Waals surface area (Å²) in [7, 11) is 0. The topological polar surface area (TPSA) is 69.6 Å². The standard InChI is InChI=1S/C13H15F2NO3/c14-8-5-7(13(18)19)6-9(15)12(8)16-10-3-1-2-4-11(10)17/h5-6,10-11,16-17H,1-4H2,(H,18,19). The number of carbonyl (C=O) groups is 1. The summed E-state index contributed by atoms with van der Waals surface area (Å²) < 4.78 is 27.4. The van der Waals surface area contributed by atoms with Crippen molar-refractivity contribution in [3.63, 3.8) is 0 Å². The molecule has 0 aromatic heterocycles. The Morgan fingerprint density at radius 2 is 1.79 bits per heavy atom. The summed E-state index contributed by atoms with van der Waals surface area (Å²) in [4.78, 5) is 10.7. The molecule has 2 rings (SSSR count). The van der Waals surface area contributed by atoms with E-state index in [1.807, 2.05) is 0 Å². The van der Waals surface area contributed by atoms with Gasteiger partial charge in [-0.3, -0.25) is 0 Å². The number of aliphatic hydroxyl groups excluding tert-OH is 1. The molecule has 0 bridgehead atoms. The van der Waals surface area contributed by atoms with E-state index >= 15 is 0 Å². The maximum atomic E-state index is 13.7. The zero-order valence-electron chi connectivity index (χ0n) is 10.2. The third kappa shape index (κ3) is 3.01. The van der Waals surface area contributed by atoms with E-state index in [1.54, 1.807) is 0 Å². The lowest BCUT2D eigenvalue weighted by Gasteiger charge is -2.29. The highest BCUT2D eigenvalue weighted by atomic mass is 19.1. The van der Waals surface area contributed by atoms with Crippen molar-refractivity contribution in [1.29, 1.82) is 0 Å². The van der Waals surface area contributed by atoms with Gasteiger partial charge in [0.2, 0.25) is 0 Å². The number of nitrogens with one attached hydrogen (secondary N) is 1. The summed E-state index contributed by atoms with van der Waals surface area (Å²) in [5.41, 5.74) is -0.819. The van der Waals surface area contributed by atoms with Crippen molar-refractivity contribution in [2.75, 3.05) is 5.32 Å². The van der Waals surface area contributed by atoms with Gasteiger partial charge >= 0.3 is 5.97 Å². The predicted octanol–water partition coefficient (Wildman–Crippen LogP) is 2.38. The van der Waals surface area contributed by atoms with Gasteiger partial charge in [0, 0.05) is 0 Å². The molecule has 2 atom stereocenters. The SMILES string of the molecule is O=C(O)c1cc(F)c(NC2CCCCC2O)c(F)c1.